The third-order valence-corrected chi connectivity index (χ3v) is 6.04. The molecule has 6 nitrogen and oxygen atoms in total. The first-order valence-corrected chi connectivity index (χ1v) is 11.2. The maximum absolute atomic E-state index is 12.9. The standard InChI is InChI=1S/C22H20ClF2N5OS/c1-14-6-7-30(12-14)20-19(16-9-26-13-27-10-16)8-15(11-28-20)21(31)29-17-2-4-18(5-3-17)32-22(23,24)25/h2-5,8-11,13-14H,6-7,12H2,1H3,(H,29,31)/t14-/m1/s1. The summed E-state index contributed by atoms with van der Waals surface area (Å²) in [7, 11) is 0. The van der Waals surface area contributed by atoms with Crippen LogP contribution in [0.5, 0.6) is 0 Å². The van der Waals surface area contributed by atoms with Gasteiger partial charge in [0.25, 0.3) is 5.91 Å². The number of rotatable bonds is 6. The molecule has 0 unspecified atom stereocenters. The fraction of sp³-hybridized carbons (Fsp3) is 0.273. The van der Waals surface area contributed by atoms with E-state index in [1.54, 1.807) is 36.8 Å². The molecule has 0 radical (unpaired) electrons. The van der Waals surface area contributed by atoms with Crippen molar-refractivity contribution in [1.29, 1.82) is 0 Å². The topological polar surface area (TPSA) is 71.0 Å². The molecular weight excluding hydrogens is 456 g/mol. The minimum Gasteiger partial charge on any atom is -0.356 e. The van der Waals surface area contributed by atoms with Crippen molar-refractivity contribution in [3.05, 3.63) is 60.8 Å². The quantitative estimate of drug-likeness (QED) is 0.374. The zero-order chi connectivity index (χ0) is 22.7. The van der Waals surface area contributed by atoms with Crippen LogP contribution in [-0.4, -0.2) is 38.7 Å². The van der Waals surface area contributed by atoms with Gasteiger partial charge >= 0.3 is 4.71 Å². The molecule has 166 valence electrons. The fourth-order valence-corrected chi connectivity index (χ4v) is 4.36. The molecule has 32 heavy (non-hydrogen) atoms. The molecule has 3 aromatic rings. The van der Waals surface area contributed by atoms with Gasteiger partial charge in [0.15, 0.2) is 0 Å². The molecule has 1 fully saturated rings. The van der Waals surface area contributed by atoms with E-state index < -0.39 is 4.71 Å². The van der Waals surface area contributed by atoms with Crippen LogP contribution in [0.4, 0.5) is 20.3 Å². The second kappa shape index (κ2) is 9.38. The predicted molar refractivity (Wildman–Crippen MR) is 122 cm³/mol. The highest BCUT2D eigenvalue weighted by Gasteiger charge is 2.26. The Labute approximate surface area is 193 Å². The van der Waals surface area contributed by atoms with Gasteiger partial charge in [0, 0.05) is 53.4 Å². The fourth-order valence-electron chi connectivity index (χ4n) is 3.55. The van der Waals surface area contributed by atoms with Gasteiger partial charge in [-0.3, -0.25) is 4.79 Å². The highest BCUT2D eigenvalue weighted by molar-refractivity contribution is 8.01. The summed E-state index contributed by atoms with van der Waals surface area (Å²) in [5.41, 5.74) is 2.39. The van der Waals surface area contributed by atoms with Crippen molar-refractivity contribution in [2.24, 2.45) is 5.92 Å². The summed E-state index contributed by atoms with van der Waals surface area (Å²) in [4.78, 5) is 28.1. The molecule has 4 rings (SSSR count). The van der Waals surface area contributed by atoms with Crippen LogP contribution in [0.2, 0.25) is 0 Å². The molecule has 1 saturated heterocycles. The van der Waals surface area contributed by atoms with E-state index in [0.29, 0.717) is 22.1 Å². The minimum absolute atomic E-state index is 0.231. The number of anilines is 2. The molecule has 3 heterocycles. The van der Waals surface area contributed by atoms with Crippen molar-refractivity contribution < 1.29 is 13.6 Å². The summed E-state index contributed by atoms with van der Waals surface area (Å²) < 4.78 is 22.5. The van der Waals surface area contributed by atoms with Crippen LogP contribution in [0.1, 0.15) is 23.7 Å². The summed E-state index contributed by atoms with van der Waals surface area (Å²) >= 11 is 5.18. The maximum Gasteiger partial charge on any atom is 0.375 e. The normalized spacial score (nSPS) is 16.2. The molecule has 1 aliphatic rings. The summed E-state index contributed by atoms with van der Waals surface area (Å²) in [6.07, 6.45) is 7.46. The first kappa shape index (κ1) is 22.4. The lowest BCUT2D eigenvalue weighted by atomic mass is 10.1. The van der Waals surface area contributed by atoms with Crippen molar-refractivity contribution in [3.63, 3.8) is 0 Å². The molecule has 1 aliphatic heterocycles. The molecule has 0 spiro atoms. The van der Waals surface area contributed by atoms with Gasteiger partial charge in [-0.05, 0) is 66.0 Å². The van der Waals surface area contributed by atoms with E-state index in [-0.39, 0.29) is 17.7 Å². The third kappa shape index (κ3) is 5.52. The van der Waals surface area contributed by atoms with Crippen LogP contribution in [-0.2, 0) is 0 Å². The first-order chi connectivity index (χ1) is 15.3. The van der Waals surface area contributed by atoms with Crippen molar-refractivity contribution >= 4 is 40.8 Å². The lowest BCUT2D eigenvalue weighted by Crippen LogP contribution is -2.22. The SMILES string of the molecule is C[C@@H]1CCN(c2ncc(C(=O)Nc3ccc(SC(F)(F)Cl)cc3)cc2-c2cncnc2)C1. The van der Waals surface area contributed by atoms with E-state index in [9.17, 15) is 13.6 Å². The van der Waals surface area contributed by atoms with Crippen molar-refractivity contribution in [2.75, 3.05) is 23.3 Å². The van der Waals surface area contributed by atoms with Crippen molar-refractivity contribution in [2.45, 2.75) is 23.0 Å². The monoisotopic (exact) mass is 475 g/mol. The number of nitrogens with zero attached hydrogens (tertiary/aromatic N) is 4. The number of aromatic nitrogens is 3. The van der Waals surface area contributed by atoms with Gasteiger partial charge in [-0.2, -0.15) is 8.78 Å². The Morgan fingerprint density at radius 2 is 1.94 bits per heavy atom. The van der Waals surface area contributed by atoms with Gasteiger partial charge in [0.1, 0.15) is 12.1 Å². The third-order valence-electron chi connectivity index (χ3n) is 5.07. The smallest absolute Gasteiger partial charge is 0.356 e. The summed E-state index contributed by atoms with van der Waals surface area (Å²) in [6.45, 7) is 3.99. The van der Waals surface area contributed by atoms with E-state index in [0.717, 1.165) is 36.5 Å². The lowest BCUT2D eigenvalue weighted by molar-refractivity contribution is 0.102. The number of carbonyl (C=O) groups is 1. The largest absolute Gasteiger partial charge is 0.375 e. The van der Waals surface area contributed by atoms with Crippen molar-refractivity contribution in [3.8, 4) is 11.1 Å². The zero-order valence-electron chi connectivity index (χ0n) is 17.1. The Hall–Kier alpha value is -2.78. The summed E-state index contributed by atoms with van der Waals surface area (Å²) in [6, 6.07) is 7.81. The van der Waals surface area contributed by atoms with Gasteiger partial charge in [-0.25, -0.2) is 15.0 Å². The number of pyridine rings is 1. The van der Waals surface area contributed by atoms with Crippen LogP contribution in [0, 0.1) is 5.92 Å². The number of halogens is 3. The van der Waals surface area contributed by atoms with Gasteiger partial charge in [0.2, 0.25) is 0 Å². The van der Waals surface area contributed by atoms with Crippen LogP contribution in [0.3, 0.4) is 0 Å². The minimum atomic E-state index is -3.39. The Bertz CT molecular complexity index is 1100. The number of hydrogen-bond donors (Lipinski definition) is 1. The van der Waals surface area contributed by atoms with Gasteiger partial charge in [0.05, 0.1) is 5.56 Å². The number of alkyl halides is 3. The first-order valence-electron chi connectivity index (χ1n) is 9.96. The summed E-state index contributed by atoms with van der Waals surface area (Å²) in [5.74, 6) is 1.00. The Kier molecular flexibility index (Phi) is 6.57. The number of amides is 1. The van der Waals surface area contributed by atoms with Crippen molar-refractivity contribution in [1.82, 2.24) is 15.0 Å². The molecule has 1 N–H and O–H groups in total. The summed E-state index contributed by atoms with van der Waals surface area (Å²) in [5, 5.41) is 2.77. The average Bonchev–Trinajstić information content (AvgIpc) is 3.20. The zero-order valence-corrected chi connectivity index (χ0v) is 18.7. The van der Waals surface area contributed by atoms with Gasteiger partial charge in [-0.15, -0.1) is 0 Å². The van der Waals surface area contributed by atoms with Crippen LogP contribution in [0.25, 0.3) is 11.1 Å². The van der Waals surface area contributed by atoms with E-state index in [4.69, 9.17) is 11.6 Å². The molecule has 1 atom stereocenters. The molecule has 10 heteroatoms. The second-order valence-corrected chi connectivity index (χ2v) is 9.48. The molecule has 1 amide bonds. The number of benzene rings is 1. The lowest BCUT2D eigenvalue weighted by Gasteiger charge is -2.21. The number of nitrogens with one attached hydrogen (secondary N) is 1. The predicted octanol–water partition coefficient (Wildman–Crippen LogP) is 5.52. The van der Waals surface area contributed by atoms with Crippen LogP contribution in [0.15, 0.2) is 60.1 Å². The highest BCUT2D eigenvalue weighted by Crippen LogP contribution is 2.39. The van der Waals surface area contributed by atoms with Gasteiger partial charge in [-0.1, -0.05) is 6.92 Å². The number of carbonyl (C=O) groups excluding carboxylic acids is 1. The molecule has 1 aromatic carbocycles. The van der Waals surface area contributed by atoms with E-state index in [2.05, 4.69) is 32.1 Å². The maximum atomic E-state index is 12.9. The highest BCUT2D eigenvalue weighted by atomic mass is 35.5. The second-order valence-electron chi connectivity index (χ2n) is 7.59. The Balaban J connectivity index is 1.57. The molecule has 0 bridgehead atoms. The number of hydrogen-bond acceptors (Lipinski definition) is 6. The van der Waals surface area contributed by atoms with E-state index >= 15 is 0 Å². The average molecular weight is 476 g/mol. The van der Waals surface area contributed by atoms with Gasteiger partial charge < -0.3 is 10.2 Å². The Morgan fingerprint density at radius 3 is 2.56 bits per heavy atom. The van der Waals surface area contributed by atoms with Crippen LogP contribution < -0.4 is 10.2 Å². The van der Waals surface area contributed by atoms with E-state index in [1.165, 1.54) is 18.5 Å². The molecular formula is C22H20ClF2N5OS. The number of thioether (sulfide) groups is 1. The van der Waals surface area contributed by atoms with E-state index in [1.807, 2.05) is 0 Å². The molecule has 2 aromatic heterocycles. The molecule has 0 saturated carbocycles. The molecule has 0 aliphatic carbocycles. The Morgan fingerprint density at radius 1 is 1.22 bits per heavy atom. The van der Waals surface area contributed by atoms with Crippen LogP contribution >= 0.6 is 23.4 Å².